The summed E-state index contributed by atoms with van der Waals surface area (Å²) in [5.41, 5.74) is 1.81. The van der Waals surface area contributed by atoms with Gasteiger partial charge in [-0.05, 0) is 49.6 Å². The highest BCUT2D eigenvalue weighted by molar-refractivity contribution is 6.08. The van der Waals surface area contributed by atoms with Gasteiger partial charge in [-0.25, -0.2) is 4.79 Å². The van der Waals surface area contributed by atoms with Crippen molar-refractivity contribution >= 4 is 11.8 Å². The Morgan fingerprint density at radius 1 is 1.42 bits per heavy atom. The predicted octanol–water partition coefficient (Wildman–Crippen LogP) is 3.00. The average molecular weight is 262 g/mol. The molecule has 102 valence electrons. The van der Waals surface area contributed by atoms with Crippen molar-refractivity contribution in [2.75, 3.05) is 0 Å². The van der Waals surface area contributed by atoms with Crippen LogP contribution in [0.4, 0.5) is 0 Å². The minimum Gasteiger partial charge on any atom is -0.479 e. The van der Waals surface area contributed by atoms with Gasteiger partial charge < -0.3 is 9.84 Å². The SMILES string of the molecule is C=C(CC)C(=O)c1ccc(OC(C)C(=O)O)c(C)c1. The molecule has 0 amide bonds. The summed E-state index contributed by atoms with van der Waals surface area (Å²) in [4.78, 5) is 22.7. The molecule has 1 N–H and O–H groups in total. The molecule has 1 unspecified atom stereocenters. The maximum atomic E-state index is 11.9. The zero-order valence-electron chi connectivity index (χ0n) is 11.4. The Morgan fingerprint density at radius 3 is 2.53 bits per heavy atom. The van der Waals surface area contributed by atoms with E-state index in [-0.39, 0.29) is 5.78 Å². The van der Waals surface area contributed by atoms with E-state index in [1.54, 1.807) is 25.1 Å². The van der Waals surface area contributed by atoms with Crippen molar-refractivity contribution < 1.29 is 19.4 Å². The molecule has 1 atom stereocenters. The first-order chi connectivity index (χ1) is 8.86. The average Bonchev–Trinajstić information content (AvgIpc) is 2.38. The van der Waals surface area contributed by atoms with Crippen molar-refractivity contribution in [3.8, 4) is 5.75 Å². The lowest BCUT2D eigenvalue weighted by Gasteiger charge is -2.13. The van der Waals surface area contributed by atoms with Gasteiger partial charge in [0.05, 0.1) is 0 Å². The Balaban J connectivity index is 2.95. The van der Waals surface area contributed by atoms with E-state index in [4.69, 9.17) is 9.84 Å². The van der Waals surface area contributed by atoms with E-state index in [0.29, 0.717) is 23.3 Å². The summed E-state index contributed by atoms with van der Waals surface area (Å²) in [6.45, 7) is 8.82. The second kappa shape index (κ2) is 6.18. The molecule has 19 heavy (non-hydrogen) atoms. The number of Topliss-reactive ketones (excluding diaryl/α,β-unsaturated/α-hetero) is 1. The first kappa shape index (κ1) is 15.0. The van der Waals surface area contributed by atoms with Crippen LogP contribution >= 0.6 is 0 Å². The summed E-state index contributed by atoms with van der Waals surface area (Å²) in [5.74, 6) is -0.657. The van der Waals surface area contributed by atoms with Gasteiger partial charge in [0.2, 0.25) is 0 Å². The van der Waals surface area contributed by atoms with E-state index in [0.717, 1.165) is 5.56 Å². The lowest BCUT2D eigenvalue weighted by atomic mass is 10.0. The van der Waals surface area contributed by atoms with Gasteiger partial charge in [0.25, 0.3) is 0 Å². The largest absolute Gasteiger partial charge is 0.479 e. The number of carbonyl (C=O) groups is 2. The Labute approximate surface area is 112 Å². The molecule has 0 radical (unpaired) electrons. The Hall–Kier alpha value is -2.10. The second-order valence-electron chi connectivity index (χ2n) is 4.36. The molecule has 0 saturated carbocycles. The van der Waals surface area contributed by atoms with E-state index in [9.17, 15) is 9.59 Å². The van der Waals surface area contributed by atoms with Crippen molar-refractivity contribution in [2.24, 2.45) is 0 Å². The standard InChI is InChI=1S/C15H18O4/c1-5-9(2)14(16)12-6-7-13(10(3)8-12)19-11(4)15(17)18/h6-8,11H,2,5H2,1,3-4H3,(H,17,18). The van der Waals surface area contributed by atoms with Gasteiger partial charge in [-0.1, -0.05) is 13.5 Å². The van der Waals surface area contributed by atoms with E-state index >= 15 is 0 Å². The van der Waals surface area contributed by atoms with E-state index < -0.39 is 12.1 Å². The number of allylic oxidation sites excluding steroid dienone is 1. The number of aryl methyl sites for hydroxylation is 1. The fraction of sp³-hybridized carbons (Fsp3) is 0.333. The molecule has 1 aromatic rings. The van der Waals surface area contributed by atoms with Gasteiger partial charge in [0.1, 0.15) is 5.75 Å². The lowest BCUT2D eigenvalue weighted by Crippen LogP contribution is -2.23. The Morgan fingerprint density at radius 2 is 2.05 bits per heavy atom. The van der Waals surface area contributed by atoms with Crippen LogP contribution in [0.5, 0.6) is 5.75 Å². The van der Waals surface area contributed by atoms with Crippen molar-refractivity contribution in [1.29, 1.82) is 0 Å². The van der Waals surface area contributed by atoms with Crippen molar-refractivity contribution in [3.05, 3.63) is 41.5 Å². The Kier molecular flexibility index (Phi) is 4.87. The molecule has 0 aliphatic heterocycles. The fourth-order valence-corrected chi connectivity index (χ4v) is 1.53. The fourth-order valence-electron chi connectivity index (χ4n) is 1.53. The molecule has 4 nitrogen and oxygen atoms in total. The third-order valence-electron chi connectivity index (χ3n) is 2.84. The smallest absolute Gasteiger partial charge is 0.344 e. The number of rotatable bonds is 6. The topological polar surface area (TPSA) is 63.6 Å². The van der Waals surface area contributed by atoms with Gasteiger partial charge in [0.15, 0.2) is 11.9 Å². The van der Waals surface area contributed by atoms with Crippen LogP contribution in [0.1, 0.15) is 36.2 Å². The highest BCUT2D eigenvalue weighted by atomic mass is 16.5. The maximum absolute atomic E-state index is 11.9. The summed E-state index contributed by atoms with van der Waals surface area (Å²) in [6.07, 6.45) is -0.322. The molecule has 0 aromatic heterocycles. The lowest BCUT2D eigenvalue weighted by molar-refractivity contribution is -0.144. The van der Waals surface area contributed by atoms with Crippen LogP contribution in [0.15, 0.2) is 30.4 Å². The molecule has 0 aliphatic carbocycles. The molecule has 1 rings (SSSR count). The predicted molar refractivity (Wildman–Crippen MR) is 72.7 cm³/mol. The van der Waals surface area contributed by atoms with Gasteiger partial charge in [-0.2, -0.15) is 0 Å². The molecule has 0 saturated heterocycles. The van der Waals surface area contributed by atoms with Crippen LogP contribution < -0.4 is 4.74 Å². The van der Waals surface area contributed by atoms with Crippen molar-refractivity contribution in [3.63, 3.8) is 0 Å². The van der Waals surface area contributed by atoms with Crippen LogP contribution in [0.25, 0.3) is 0 Å². The number of hydrogen-bond donors (Lipinski definition) is 1. The normalized spacial score (nSPS) is 11.7. The van der Waals surface area contributed by atoms with Crippen molar-refractivity contribution in [2.45, 2.75) is 33.3 Å². The third kappa shape index (κ3) is 3.68. The Bertz CT molecular complexity index is 517. The third-order valence-corrected chi connectivity index (χ3v) is 2.84. The molecular weight excluding hydrogens is 244 g/mol. The molecule has 0 bridgehead atoms. The van der Waals surface area contributed by atoms with Gasteiger partial charge in [-0.3, -0.25) is 4.79 Å². The van der Waals surface area contributed by atoms with Gasteiger partial charge in [-0.15, -0.1) is 0 Å². The summed E-state index contributed by atoms with van der Waals surface area (Å²) in [7, 11) is 0. The molecule has 0 aliphatic rings. The van der Waals surface area contributed by atoms with Crippen LogP contribution in [0, 0.1) is 6.92 Å². The zero-order valence-corrected chi connectivity index (χ0v) is 11.4. The number of carboxylic acids is 1. The molecular formula is C15H18O4. The minimum absolute atomic E-state index is 0.0940. The van der Waals surface area contributed by atoms with Gasteiger partial charge in [0, 0.05) is 5.56 Å². The summed E-state index contributed by atoms with van der Waals surface area (Å²) >= 11 is 0. The number of carbonyl (C=O) groups excluding carboxylic acids is 1. The second-order valence-corrected chi connectivity index (χ2v) is 4.36. The summed E-state index contributed by atoms with van der Waals surface area (Å²) < 4.78 is 5.29. The van der Waals surface area contributed by atoms with Crippen molar-refractivity contribution in [1.82, 2.24) is 0 Å². The molecule has 4 heteroatoms. The number of carboxylic acid groups (broad SMARTS) is 1. The molecule has 0 fully saturated rings. The van der Waals surface area contributed by atoms with Crippen LogP contribution in [-0.2, 0) is 4.79 Å². The molecule has 0 spiro atoms. The van der Waals surface area contributed by atoms with Crippen LogP contribution in [0.2, 0.25) is 0 Å². The molecule has 1 aromatic carbocycles. The van der Waals surface area contributed by atoms with E-state index in [1.165, 1.54) is 6.92 Å². The van der Waals surface area contributed by atoms with E-state index in [1.807, 2.05) is 6.92 Å². The highest BCUT2D eigenvalue weighted by Crippen LogP contribution is 2.22. The van der Waals surface area contributed by atoms with E-state index in [2.05, 4.69) is 6.58 Å². The summed E-state index contributed by atoms with van der Waals surface area (Å²) in [6, 6.07) is 4.93. The zero-order chi connectivity index (χ0) is 14.6. The van der Waals surface area contributed by atoms with Crippen LogP contribution in [-0.4, -0.2) is 23.0 Å². The first-order valence-corrected chi connectivity index (χ1v) is 6.09. The maximum Gasteiger partial charge on any atom is 0.344 e. The minimum atomic E-state index is -1.03. The van der Waals surface area contributed by atoms with Crippen LogP contribution in [0.3, 0.4) is 0 Å². The quantitative estimate of drug-likeness (QED) is 0.632. The number of ether oxygens (including phenoxy) is 1. The van der Waals surface area contributed by atoms with Gasteiger partial charge >= 0.3 is 5.97 Å². The monoisotopic (exact) mass is 262 g/mol. The number of benzene rings is 1. The highest BCUT2D eigenvalue weighted by Gasteiger charge is 2.15. The molecule has 0 heterocycles. The number of ketones is 1. The number of aliphatic carboxylic acids is 1. The first-order valence-electron chi connectivity index (χ1n) is 6.09. The summed E-state index contributed by atoms with van der Waals surface area (Å²) in [5, 5.41) is 8.79. The number of hydrogen-bond acceptors (Lipinski definition) is 3.